The molecule has 0 unspecified atom stereocenters. The second-order valence-electron chi connectivity index (χ2n) is 15.7. The second-order valence-corrected chi connectivity index (χ2v) is 15.7. The second kappa shape index (κ2) is 15.3. The summed E-state index contributed by atoms with van der Waals surface area (Å²) in [5.41, 5.74) is 27.7. The zero-order valence-electron chi connectivity index (χ0n) is 33.6. The number of nitrogens with one attached hydrogen (secondary N) is 1. The molecular formula is C54H47N5. The molecule has 5 aromatic carbocycles. The van der Waals surface area contributed by atoms with Gasteiger partial charge in [-0.15, -0.1) is 0 Å². The number of para-hydroxylation sites is 1. The van der Waals surface area contributed by atoms with Crippen LogP contribution < -0.4 is 11.1 Å². The number of anilines is 1. The van der Waals surface area contributed by atoms with Crippen LogP contribution in [0.25, 0.3) is 73.4 Å². The molecule has 0 atom stereocenters. The first-order valence-electron chi connectivity index (χ1n) is 20.8. The summed E-state index contributed by atoms with van der Waals surface area (Å²) in [6, 6.07) is 44.5. The van der Waals surface area contributed by atoms with E-state index in [1.54, 1.807) is 0 Å². The van der Waals surface area contributed by atoms with Gasteiger partial charge in [0.2, 0.25) is 0 Å². The molecule has 0 bridgehead atoms. The number of pyridine rings is 1. The fraction of sp³-hybridized carbons (Fsp3) is 0.130. The van der Waals surface area contributed by atoms with Gasteiger partial charge in [-0.3, -0.25) is 4.98 Å². The average molecular weight is 766 g/mol. The normalized spacial score (nSPS) is 13.6. The van der Waals surface area contributed by atoms with Crippen LogP contribution in [0.15, 0.2) is 158 Å². The molecule has 59 heavy (non-hydrogen) atoms. The van der Waals surface area contributed by atoms with Crippen LogP contribution in [0.3, 0.4) is 0 Å². The number of hydrogen-bond donors (Lipinski definition) is 2. The summed E-state index contributed by atoms with van der Waals surface area (Å²) in [4.78, 5) is 4.75. The highest BCUT2D eigenvalue weighted by Crippen LogP contribution is 2.39. The Bertz CT molecular complexity index is 2910. The summed E-state index contributed by atoms with van der Waals surface area (Å²) >= 11 is 0. The third-order valence-corrected chi connectivity index (χ3v) is 11.9. The summed E-state index contributed by atoms with van der Waals surface area (Å²) in [7, 11) is 0. The fourth-order valence-electron chi connectivity index (χ4n) is 8.99. The molecule has 0 saturated carbocycles. The van der Waals surface area contributed by atoms with Crippen LogP contribution in [0.1, 0.15) is 59.0 Å². The van der Waals surface area contributed by atoms with Crippen LogP contribution in [0, 0.1) is 6.92 Å². The highest BCUT2D eigenvalue weighted by atomic mass is 15.1. The summed E-state index contributed by atoms with van der Waals surface area (Å²) in [5.74, 6) is 0. The van der Waals surface area contributed by atoms with Gasteiger partial charge < -0.3 is 20.2 Å². The smallest absolute Gasteiger partial charge is 0.0963 e. The van der Waals surface area contributed by atoms with Gasteiger partial charge >= 0.3 is 0 Å². The Morgan fingerprint density at radius 1 is 0.729 bits per heavy atom. The number of aromatic nitrogens is 3. The lowest BCUT2D eigenvalue weighted by atomic mass is 9.92. The van der Waals surface area contributed by atoms with Crippen molar-refractivity contribution in [3.63, 3.8) is 0 Å². The van der Waals surface area contributed by atoms with Crippen molar-refractivity contribution in [2.24, 2.45) is 5.73 Å². The van der Waals surface area contributed by atoms with E-state index < -0.39 is 0 Å². The molecule has 288 valence electrons. The Morgan fingerprint density at radius 2 is 1.46 bits per heavy atom. The lowest BCUT2D eigenvalue weighted by molar-refractivity contribution is 0.956. The number of hydrogen-bond acceptors (Lipinski definition) is 3. The van der Waals surface area contributed by atoms with E-state index in [0.717, 1.165) is 71.1 Å². The van der Waals surface area contributed by atoms with Crippen LogP contribution in [-0.4, -0.2) is 20.7 Å². The molecule has 3 N–H and O–H groups in total. The molecule has 1 aliphatic carbocycles. The van der Waals surface area contributed by atoms with Crippen molar-refractivity contribution in [1.82, 2.24) is 14.1 Å². The molecule has 3 aromatic heterocycles. The van der Waals surface area contributed by atoms with Crippen LogP contribution in [0.5, 0.6) is 0 Å². The van der Waals surface area contributed by atoms with Crippen LogP contribution in [-0.2, 0) is 12.8 Å². The molecule has 0 saturated heterocycles. The zero-order valence-corrected chi connectivity index (χ0v) is 33.6. The minimum atomic E-state index is 0.782. The van der Waals surface area contributed by atoms with Gasteiger partial charge in [0.25, 0.3) is 0 Å². The van der Waals surface area contributed by atoms with Crippen molar-refractivity contribution in [2.75, 3.05) is 11.9 Å². The van der Waals surface area contributed by atoms with Gasteiger partial charge in [-0.1, -0.05) is 98.0 Å². The Morgan fingerprint density at radius 3 is 2.24 bits per heavy atom. The number of rotatable bonds is 9. The maximum Gasteiger partial charge on any atom is 0.0963 e. The fourth-order valence-corrected chi connectivity index (χ4v) is 8.99. The SMILES string of the molecule is CC/C=C\C=C(/N)c1cc(Cc2cc(-c3ccc(-n4c5c(c6c4C=CCN6)CCC=C5)cc3)cc(-c3ccc(-n4c5ccccc5c5ncccc54)cc3)c2)ccc1C. The van der Waals surface area contributed by atoms with Gasteiger partial charge in [0.15, 0.2) is 0 Å². The van der Waals surface area contributed by atoms with Gasteiger partial charge in [0, 0.05) is 46.3 Å². The summed E-state index contributed by atoms with van der Waals surface area (Å²) in [6.07, 6.45) is 21.1. The largest absolute Gasteiger partial charge is 0.398 e. The molecule has 0 fully saturated rings. The lowest BCUT2D eigenvalue weighted by Gasteiger charge is -2.16. The number of nitrogens with zero attached hydrogens (tertiary/aromatic N) is 3. The quantitative estimate of drug-likeness (QED) is 0.144. The van der Waals surface area contributed by atoms with Gasteiger partial charge in [-0.2, -0.15) is 0 Å². The highest BCUT2D eigenvalue weighted by Gasteiger charge is 2.23. The van der Waals surface area contributed by atoms with E-state index in [1.807, 2.05) is 18.3 Å². The molecule has 0 amide bonds. The first-order valence-corrected chi connectivity index (χ1v) is 20.8. The maximum atomic E-state index is 6.62. The van der Waals surface area contributed by atoms with Gasteiger partial charge in [-0.25, -0.2) is 0 Å². The molecule has 5 nitrogen and oxygen atoms in total. The highest BCUT2D eigenvalue weighted by molar-refractivity contribution is 6.07. The predicted molar refractivity (Wildman–Crippen MR) is 249 cm³/mol. The number of nitrogens with two attached hydrogens (primary N) is 1. The molecular weight excluding hydrogens is 719 g/mol. The van der Waals surface area contributed by atoms with Crippen molar-refractivity contribution in [2.45, 2.75) is 39.5 Å². The average Bonchev–Trinajstić information content (AvgIpc) is 3.80. The topological polar surface area (TPSA) is 60.8 Å². The molecule has 0 spiro atoms. The minimum Gasteiger partial charge on any atom is -0.398 e. The Labute approximate surface area is 346 Å². The van der Waals surface area contributed by atoms with Crippen molar-refractivity contribution in [3.8, 4) is 33.6 Å². The third-order valence-electron chi connectivity index (χ3n) is 11.9. The number of aryl methyl sites for hydroxylation is 1. The van der Waals surface area contributed by atoms with Crippen LogP contribution >= 0.6 is 0 Å². The van der Waals surface area contributed by atoms with Gasteiger partial charge in [0.05, 0.1) is 33.6 Å². The summed E-state index contributed by atoms with van der Waals surface area (Å²) in [6.45, 7) is 5.14. The summed E-state index contributed by atoms with van der Waals surface area (Å²) in [5, 5.41) is 4.82. The van der Waals surface area contributed by atoms with Crippen molar-refractivity contribution in [1.29, 1.82) is 0 Å². The van der Waals surface area contributed by atoms with Gasteiger partial charge in [-0.05, 0) is 144 Å². The van der Waals surface area contributed by atoms with E-state index in [2.05, 4.69) is 180 Å². The van der Waals surface area contributed by atoms with Crippen molar-refractivity contribution in [3.05, 3.63) is 197 Å². The van der Waals surface area contributed by atoms with Crippen molar-refractivity contribution < 1.29 is 0 Å². The van der Waals surface area contributed by atoms with Crippen LogP contribution in [0.4, 0.5) is 5.69 Å². The molecule has 0 radical (unpaired) electrons. The van der Waals surface area contributed by atoms with E-state index in [-0.39, 0.29) is 0 Å². The Hall–Kier alpha value is -7.11. The van der Waals surface area contributed by atoms with E-state index >= 15 is 0 Å². The predicted octanol–water partition coefficient (Wildman–Crippen LogP) is 12.9. The van der Waals surface area contributed by atoms with E-state index in [1.165, 1.54) is 67.3 Å². The van der Waals surface area contributed by atoms with Crippen LogP contribution in [0.2, 0.25) is 0 Å². The Kier molecular flexibility index (Phi) is 9.42. The van der Waals surface area contributed by atoms with E-state index in [0.29, 0.717) is 0 Å². The number of allylic oxidation sites excluding steroid dienone is 4. The third kappa shape index (κ3) is 6.69. The molecule has 5 heteroatoms. The Balaban J connectivity index is 1.05. The molecule has 4 heterocycles. The number of benzene rings is 5. The molecule has 8 aromatic rings. The standard InChI is InChI=1S/C54H47N5/c1-3-4-5-14-48(55)47-34-37(20-19-36(47)2)31-38-32-41(39-21-25-43(26-22-39)58-49-15-8-6-12-45(49)53-51(58)17-10-29-56-53)35-42(33-38)40-23-27-44(28-24-40)59-50-16-9-7-13-46(50)54-52(59)18-11-30-57-54/h4-6,8-12,14-29,32-35,57H,3,7,13,30-31,55H2,1-2H3/b5-4-,48-14-. The van der Waals surface area contributed by atoms with E-state index in [9.17, 15) is 0 Å². The van der Waals surface area contributed by atoms with Gasteiger partial charge in [0.1, 0.15) is 0 Å². The maximum absolute atomic E-state index is 6.62. The summed E-state index contributed by atoms with van der Waals surface area (Å²) < 4.78 is 4.73. The monoisotopic (exact) mass is 765 g/mol. The first-order chi connectivity index (χ1) is 29.0. The zero-order chi connectivity index (χ0) is 39.9. The van der Waals surface area contributed by atoms with Crippen molar-refractivity contribution >= 4 is 45.5 Å². The molecule has 1 aliphatic heterocycles. The first kappa shape index (κ1) is 36.2. The number of fused-ring (bicyclic) bond motifs is 6. The lowest BCUT2D eigenvalue weighted by Crippen LogP contribution is -2.06. The molecule has 2 aliphatic rings. The molecule has 10 rings (SSSR count). The minimum absolute atomic E-state index is 0.782. The van der Waals surface area contributed by atoms with E-state index in [4.69, 9.17) is 10.7 Å².